The van der Waals surface area contributed by atoms with Crippen LogP contribution in [0, 0.1) is 29.6 Å². The molecule has 3 aromatic rings. The smallest absolute Gasteiger partial charge is 0.433 e. The Hall–Kier alpha value is -4.15. The molecule has 0 bridgehead atoms. The van der Waals surface area contributed by atoms with Crippen LogP contribution in [-0.4, -0.2) is 40.2 Å². The van der Waals surface area contributed by atoms with E-state index in [1.807, 2.05) is 17.4 Å². The van der Waals surface area contributed by atoms with E-state index in [1.54, 1.807) is 6.07 Å². The number of nitrogens with zero attached hydrogens (tertiary/aromatic N) is 1. The van der Waals surface area contributed by atoms with E-state index in [0.717, 1.165) is 50.2 Å². The molecule has 3 N–H and O–H groups in total. The third kappa shape index (κ3) is 6.96. The number of esters is 2. The fourth-order valence-electron chi connectivity index (χ4n) is 9.98. The summed E-state index contributed by atoms with van der Waals surface area (Å²) in [5, 5.41) is 12.8. The van der Waals surface area contributed by atoms with Gasteiger partial charge in [0.15, 0.2) is 6.10 Å². The summed E-state index contributed by atoms with van der Waals surface area (Å²) in [4.78, 5) is 29.6. The Labute approximate surface area is 309 Å². The molecule has 0 radical (unpaired) electrons. The summed E-state index contributed by atoms with van der Waals surface area (Å²) in [6, 6.07) is 8.65. The zero-order valence-corrected chi connectivity index (χ0v) is 29.9. The molecule has 2 aromatic carbocycles. The van der Waals surface area contributed by atoms with Crippen molar-refractivity contribution in [3.05, 3.63) is 70.4 Å². The Balaban J connectivity index is 1.05. The zero-order chi connectivity index (χ0) is 38.6. The summed E-state index contributed by atoms with van der Waals surface area (Å²) in [5.74, 6) is 2.43. The van der Waals surface area contributed by atoms with Gasteiger partial charge in [-0.2, -0.15) is 26.3 Å². The highest BCUT2D eigenvalue weighted by molar-refractivity contribution is 5.87. The third-order valence-electron chi connectivity index (χ3n) is 12.7. The van der Waals surface area contributed by atoms with E-state index >= 15 is 0 Å². The number of aromatic nitrogens is 1. The van der Waals surface area contributed by atoms with Crippen LogP contribution in [0.25, 0.3) is 10.9 Å². The number of carbonyl (C=O) groups is 2. The lowest BCUT2D eigenvalue weighted by Gasteiger charge is -2.52. The number of hydrogen-bond acceptors (Lipinski definition) is 6. The number of para-hydroxylation sites is 1. The maximum atomic E-state index is 14.0. The molecule has 0 amide bonds. The molecule has 2 heterocycles. The van der Waals surface area contributed by atoms with Gasteiger partial charge < -0.3 is 19.9 Å². The highest BCUT2D eigenvalue weighted by Gasteiger charge is 2.61. The van der Waals surface area contributed by atoms with Gasteiger partial charge in [0, 0.05) is 22.8 Å². The number of quaternary nitrogens is 1. The van der Waals surface area contributed by atoms with Gasteiger partial charge >= 0.3 is 24.3 Å². The van der Waals surface area contributed by atoms with Crippen LogP contribution < -0.4 is 10.1 Å². The predicted molar refractivity (Wildman–Crippen MR) is 185 cm³/mol. The molecule has 7 nitrogen and oxygen atoms in total. The lowest BCUT2D eigenvalue weighted by Crippen LogP contribution is -2.92. The largest absolute Gasteiger partial charge is 0.451 e. The molecule has 4 aliphatic rings. The minimum Gasteiger partial charge on any atom is -0.451 e. The lowest BCUT2D eigenvalue weighted by molar-refractivity contribution is -0.705. The number of fused-ring (bicyclic) bond motifs is 6. The van der Waals surface area contributed by atoms with Crippen molar-refractivity contribution in [1.82, 2.24) is 4.98 Å². The molecule has 2 saturated carbocycles. The molecule has 7 atom stereocenters. The van der Waals surface area contributed by atoms with Crippen molar-refractivity contribution in [3.8, 4) is 18.1 Å². The fraction of sp³-hybridized carbons (Fsp3) is 0.537. The number of piperidine rings is 1. The molecule has 1 aliphatic heterocycles. The molecule has 0 spiro atoms. The summed E-state index contributed by atoms with van der Waals surface area (Å²) in [7, 11) is 0. The van der Waals surface area contributed by atoms with Crippen molar-refractivity contribution in [2.75, 3.05) is 6.54 Å². The van der Waals surface area contributed by atoms with E-state index in [9.17, 15) is 41.0 Å². The number of hydrogen-bond donors (Lipinski definition) is 2. The highest BCUT2D eigenvalue weighted by Crippen LogP contribution is 2.64. The number of pyridine rings is 1. The van der Waals surface area contributed by atoms with Crippen LogP contribution in [0.15, 0.2) is 42.5 Å². The quantitative estimate of drug-likeness (QED) is 0.112. The van der Waals surface area contributed by atoms with Crippen molar-refractivity contribution >= 4 is 22.8 Å². The first-order valence-electron chi connectivity index (χ1n) is 18.7. The van der Waals surface area contributed by atoms with Gasteiger partial charge in [-0.1, -0.05) is 31.0 Å². The van der Waals surface area contributed by atoms with E-state index in [-0.39, 0.29) is 22.8 Å². The normalized spacial score (nSPS) is 28.6. The first-order valence-corrected chi connectivity index (χ1v) is 18.7. The molecule has 13 heteroatoms. The van der Waals surface area contributed by atoms with Crippen molar-refractivity contribution in [3.63, 3.8) is 0 Å². The molecule has 3 aliphatic carbocycles. The van der Waals surface area contributed by atoms with Gasteiger partial charge in [-0.15, -0.1) is 6.42 Å². The molecule has 2 unspecified atom stereocenters. The molecular formula is C41H43F6N2O5+. The SMILES string of the molecule is C#C[C@]1(O)CC[C@H]2[C@@H]3CCc4cc(OC(=O)CCC(=O)OC(c5cc(C(F)(F)F)nc6c(C(F)(F)F)cccc56)C5CCCC[NH2+]5)ccc4[C@H]3CC[C@@]21C. The average molecular weight is 758 g/mol. The summed E-state index contributed by atoms with van der Waals surface area (Å²) < 4.78 is 95.3. The molecule has 1 saturated heterocycles. The third-order valence-corrected chi connectivity index (χ3v) is 12.7. The second kappa shape index (κ2) is 14.2. The molecule has 3 fully saturated rings. The number of nitrogens with two attached hydrogens (primary N) is 1. The summed E-state index contributed by atoms with van der Waals surface area (Å²) in [6.45, 7) is 2.71. The lowest BCUT2D eigenvalue weighted by atomic mass is 9.53. The molecular weight excluding hydrogens is 714 g/mol. The van der Waals surface area contributed by atoms with Gasteiger partial charge in [0.2, 0.25) is 0 Å². The van der Waals surface area contributed by atoms with Crippen molar-refractivity contribution < 1.29 is 55.8 Å². The van der Waals surface area contributed by atoms with Crippen LogP contribution in [0.3, 0.4) is 0 Å². The number of benzene rings is 2. The minimum atomic E-state index is -5.07. The number of ether oxygens (including phenoxy) is 2. The number of aryl methyl sites for hydroxylation is 1. The van der Waals surface area contributed by atoms with E-state index in [2.05, 4.69) is 17.8 Å². The van der Waals surface area contributed by atoms with Crippen LogP contribution >= 0.6 is 0 Å². The van der Waals surface area contributed by atoms with Crippen LogP contribution in [-0.2, 0) is 33.1 Å². The predicted octanol–water partition coefficient (Wildman–Crippen LogP) is 7.58. The molecule has 54 heavy (non-hydrogen) atoms. The monoisotopic (exact) mass is 757 g/mol. The van der Waals surface area contributed by atoms with Gasteiger partial charge in [0.1, 0.15) is 23.1 Å². The van der Waals surface area contributed by atoms with Crippen molar-refractivity contribution in [2.24, 2.45) is 17.3 Å². The Kier molecular flexibility index (Phi) is 10.0. The second-order valence-corrected chi connectivity index (χ2v) is 15.6. The number of rotatable bonds is 7. The molecule has 7 rings (SSSR count). The average Bonchev–Trinajstić information content (AvgIpc) is 3.42. The van der Waals surface area contributed by atoms with E-state index in [4.69, 9.17) is 15.9 Å². The van der Waals surface area contributed by atoms with E-state index in [0.29, 0.717) is 61.4 Å². The number of aliphatic hydroxyl groups is 1. The highest BCUT2D eigenvalue weighted by atomic mass is 19.4. The van der Waals surface area contributed by atoms with Gasteiger partial charge in [-0.25, -0.2) is 4.98 Å². The number of terminal acetylenes is 1. The zero-order valence-electron chi connectivity index (χ0n) is 29.9. The van der Waals surface area contributed by atoms with Gasteiger partial charge in [-0.05, 0) is 105 Å². The summed E-state index contributed by atoms with van der Waals surface area (Å²) in [5.41, 5.74) is -3.09. The van der Waals surface area contributed by atoms with Gasteiger partial charge in [-0.3, -0.25) is 9.59 Å². The topological polar surface area (TPSA) is 102 Å². The fourth-order valence-corrected chi connectivity index (χ4v) is 9.98. The van der Waals surface area contributed by atoms with Gasteiger partial charge in [0.25, 0.3) is 0 Å². The Morgan fingerprint density at radius 2 is 1.78 bits per heavy atom. The van der Waals surface area contributed by atoms with E-state index < -0.39 is 65.2 Å². The number of alkyl halides is 6. The van der Waals surface area contributed by atoms with E-state index in [1.165, 1.54) is 11.6 Å². The Morgan fingerprint density at radius 1 is 1.00 bits per heavy atom. The van der Waals surface area contributed by atoms with Crippen LogP contribution in [0.2, 0.25) is 0 Å². The molecule has 1 aromatic heterocycles. The first kappa shape index (κ1) is 38.1. The van der Waals surface area contributed by atoms with Crippen molar-refractivity contribution in [1.29, 1.82) is 0 Å². The minimum absolute atomic E-state index is 0.202. The maximum absolute atomic E-state index is 14.0. The first-order chi connectivity index (χ1) is 25.5. The maximum Gasteiger partial charge on any atom is 0.433 e. The van der Waals surface area contributed by atoms with Crippen LogP contribution in [0.5, 0.6) is 5.75 Å². The summed E-state index contributed by atoms with van der Waals surface area (Å²) in [6.07, 6.45) is 0.403. The Morgan fingerprint density at radius 3 is 2.48 bits per heavy atom. The summed E-state index contributed by atoms with van der Waals surface area (Å²) >= 11 is 0. The molecule has 288 valence electrons. The second-order valence-electron chi connectivity index (χ2n) is 15.6. The van der Waals surface area contributed by atoms with Crippen LogP contribution in [0.4, 0.5) is 26.3 Å². The number of halogens is 6. The Bertz CT molecular complexity index is 1990. The van der Waals surface area contributed by atoms with Crippen LogP contribution in [0.1, 0.15) is 111 Å². The standard InChI is InChI=1S/C41H42F6N2O5/c1-3-39(52)19-17-30-27-12-10-23-21-24(11-13-25(23)26(27)16-18-38(30,39)2)53-34(50)14-15-35(51)54-37(32-9-4-5-20-48-32)29-22-33(41(45,46)47)49-36-28(29)7-6-8-31(36)40(42,43)44/h1,6-8,11,13,21-22,26-27,30,32,37,48,52H,4-5,9-10,12,14-20H2,2H3/p+1/t26-,27-,30+,32?,37?,38+,39+/m1/s1. The van der Waals surface area contributed by atoms with Crippen molar-refractivity contribution in [2.45, 2.75) is 114 Å². The number of carbonyl (C=O) groups excluding carboxylic acids is 2. The van der Waals surface area contributed by atoms with Gasteiger partial charge in [0.05, 0.1) is 30.5 Å².